The van der Waals surface area contributed by atoms with Gasteiger partial charge in [0.25, 0.3) is 0 Å². The lowest BCUT2D eigenvalue weighted by Gasteiger charge is -2.13. The van der Waals surface area contributed by atoms with Gasteiger partial charge in [0, 0.05) is 11.1 Å². The number of rotatable bonds is 5. The summed E-state index contributed by atoms with van der Waals surface area (Å²) in [7, 11) is -4.07. The Balaban J connectivity index is 3.39. The standard InChI is InChI=1S/C10H11Cl2NO5S/c1-5(4-14)13-19(17,18)8-3-6(11)2-7(9(8)12)10(15)16/h2-3,5,13-14H,4H2,1H3,(H,15,16). The highest BCUT2D eigenvalue weighted by molar-refractivity contribution is 7.89. The van der Waals surface area contributed by atoms with Gasteiger partial charge in [0.05, 0.1) is 17.2 Å². The normalized spacial score (nSPS) is 13.3. The summed E-state index contributed by atoms with van der Waals surface area (Å²) in [6, 6.07) is 1.36. The molecular weight excluding hydrogens is 317 g/mol. The number of halogens is 2. The van der Waals surface area contributed by atoms with Gasteiger partial charge in [-0.3, -0.25) is 0 Å². The van der Waals surface area contributed by atoms with Crippen LogP contribution < -0.4 is 4.72 Å². The smallest absolute Gasteiger partial charge is 0.337 e. The zero-order valence-electron chi connectivity index (χ0n) is 9.72. The summed E-state index contributed by atoms with van der Waals surface area (Å²) in [5.74, 6) is -1.39. The first kappa shape index (κ1) is 16.2. The highest BCUT2D eigenvalue weighted by Gasteiger charge is 2.24. The number of hydrogen-bond acceptors (Lipinski definition) is 4. The van der Waals surface area contributed by atoms with E-state index < -0.39 is 44.1 Å². The van der Waals surface area contributed by atoms with Crippen LogP contribution in [0.1, 0.15) is 17.3 Å². The minimum Gasteiger partial charge on any atom is -0.478 e. The molecule has 19 heavy (non-hydrogen) atoms. The van der Waals surface area contributed by atoms with Crippen LogP contribution in [0.5, 0.6) is 0 Å². The molecule has 1 rings (SSSR count). The minimum absolute atomic E-state index is 0.0705. The minimum atomic E-state index is -4.07. The van der Waals surface area contributed by atoms with Crippen molar-refractivity contribution in [1.82, 2.24) is 4.72 Å². The van der Waals surface area contributed by atoms with E-state index in [1.54, 1.807) is 0 Å². The van der Waals surface area contributed by atoms with E-state index in [0.29, 0.717) is 0 Å². The fraction of sp³-hybridized carbons (Fsp3) is 0.300. The largest absolute Gasteiger partial charge is 0.478 e. The van der Waals surface area contributed by atoms with Crippen LogP contribution in [0.2, 0.25) is 10.0 Å². The van der Waals surface area contributed by atoms with Crippen molar-refractivity contribution in [2.45, 2.75) is 17.9 Å². The van der Waals surface area contributed by atoms with E-state index in [2.05, 4.69) is 4.72 Å². The lowest BCUT2D eigenvalue weighted by Crippen LogP contribution is -2.35. The molecule has 0 fully saturated rings. The van der Waals surface area contributed by atoms with Gasteiger partial charge in [-0.15, -0.1) is 0 Å². The summed E-state index contributed by atoms with van der Waals surface area (Å²) in [5.41, 5.74) is -0.411. The number of benzene rings is 1. The van der Waals surface area contributed by atoms with Gasteiger partial charge in [-0.05, 0) is 19.1 Å². The van der Waals surface area contributed by atoms with Crippen molar-refractivity contribution in [3.05, 3.63) is 27.7 Å². The first-order chi connectivity index (χ1) is 8.69. The summed E-state index contributed by atoms with van der Waals surface area (Å²) >= 11 is 11.4. The number of nitrogens with one attached hydrogen (secondary N) is 1. The number of hydrogen-bond donors (Lipinski definition) is 3. The van der Waals surface area contributed by atoms with Gasteiger partial charge >= 0.3 is 5.97 Å². The number of aliphatic hydroxyl groups is 1. The first-order valence-corrected chi connectivity index (χ1v) is 7.28. The maximum absolute atomic E-state index is 12.0. The van der Waals surface area contributed by atoms with E-state index in [1.165, 1.54) is 6.92 Å². The number of aromatic carboxylic acids is 1. The zero-order chi connectivity index (χ0) is 14.8. The van der Waals surface area contributed by atoms with Crippen molar-refractivity contribution < 1.29 is 23.4 Å². The van der Waals surface area contributed by atoms with Gasteiger partial charge in [0.2, 0.25) is 10.0 Å². The van der Waals surface area contributed by atoms with E-state index >= 15 is 0 Å². The number of aliphatic hydroxyl groups excluding tert-OH is 1. The first-order valence-electron chi connectivity index (χ1n) is 5.04. The summed E-state index contributed by atoms with van der Waals surface area (Å²) in [6.45, 7) is 1.03. The van der Waals surface area contributed by atoms with Crippen LogP contribution in [0.3, 0.4) is 0 Å². The van der Waals surface area contributed by atoms with Crippen LogP contribution >= 0.6 is 23.2 Å². The lowest BCUT2D eigenvalue weighted by molar-refractivity contribution is 0.0697. The molecule has 0 aliphatic rings. The lowest BCUT2D eigenvalue weighted by atomic mass is 10.2. The Morgan fingerprint density at radius 2 is 2.00 bits per heavy atom. The van der Waals surface area contributed by atoms with Crippen LogP contribution in [0.15, 0.2) is 17.0 Å². The molecule has 106 valence electrons. The monoisotopic (exact) mass is 327 g/mol. The number of carbonyl (C=O) groups is 1. The molecule has 0 radical (unpaired) electrons. The number of carboxylic acid groups (broad SMARTS) is 1. The van der Waals surface area contributed by atoms with E-state index in [9.17, 15) is 13.2 Å². The Morgan fingerprint density at radius 3 is 2.47 bits per heavy atom. The Kier molecular flexibility index (Phi) is 5.17. The van der Waals surface area contributed by atoms with Gasteiger partial charge < -0.3 is 10.2 Å². The van der Waals surface area contributed by atoms with Crippen molar-refractivity contribution in [2.75, 3.05) is 6.61 Å². The molecule has 6 nitrogen and oxygen atoms in total. The maximum Gasteiger partial charge on any atom is 0.337 e. The molecule has 0 saturated heterocycles. The third-order valence-electron chi connectivity index (χ3n) is 2.15. The summed E-state index contributed by atoms with van der Waals surface area (Å²) in [5, 5.41) is 17.2. The molecule has 1 aromatic rings. The molecule has 1 aromatic carbocycles. The Hall–Kier alpha value is -0.860. The van der Waals surface area contributed by atoms with E-state index in [1.807, 2.05) is 0 Å². The van der Waals surface area contributed by atoms with Crippen molar-refractivity contribution in [1.29, 1.82) is 0 Å². The molecule has 0 spiro atoms. The van der Waals surface area contributed by atoms with Crippen LogP contribution in [0, 0.1) is 0 Å². The third-order valence-corrected chi connectivity index (χ3v) is 4.51. The van der Waals surface area contributed by atoms with Crippen molar-refractivity contribution in [3.63, 3.8) is 0 Å². The van der Waals surface area contributed by atoms with Gasteiger partial charge in [0.15, 0.2) is 0 Å². The summed E-state index contributed by atoms with van der Waals surface area (Å²) in [6.07, 6.45) is 0. The highest BCUT2D eigenvalue weighted by atomic mass is 35.5. The highest BCUT2D eigenvalue weighted by Crippen LogP contribution is 2.29. The topological polar surface area (TPSA) is 104 Å². The second-order valence-corrected chi connectivity index (χ2v) is 6.27. The molecule has 3 N–H and O–H groups in total. The predicted molar refractivity (Wildman–Crippen MR) is 70.3 cm³/mol. The van der Waals surface area contributed by atoms with Crippen molar-refractivity contribution >= 4 is 39.2 Å². The van der Waals surface area contributed by atoms with E-state index in [-0.39, 0.29) is 5.02 Å². The molecule has 9 heteroatoms. The molecular formula is C10H11Cl2NO5S. The average molecular weight is 328 g/mol. The molecule has 1 unspecified atom stereocenters. The molecule has 0 bridgehead atoms. The SMILES string of the molecule is CC(CO)NS(=O)(=O)c1cc(Cl)cc(C(=O)O)c1Cl. The second kappa shape index (κ2) is 6.06. The number of sulfonamides is 1. The number of carboxylic acids is 1. The quantitative estimate of drug-likeness (QED) is 0.757. The molecule has 0 aliphatic carbocycles. The Labute approximate surface area is 120 Å². The zero-order valence-corrected chi connectivity index (χ0v) is 12.1. The Morgan fingerprint density at radius 1 is 1.42 bits per heavy atom. The summed E-state index contributed by atoms with van der Waals surface area (Å²) < 4.78 is 26.1. The van der Waals surface area contributed by atoms with Gasteiger partial charge in [-0.1, -0.05) is 23.2 Å². The Bertz CT molecular complexity index is 602. The molecule has 0 aromatic heterocycles. The van der Waals surface area contributed by atoms with Crippen LogP contribution in [0.4, 0.5) is 0 Å². The van der Waals surface area contributed by atoms with Gasteiger partial charge in [0.1, 0.15) is 4.90 Å². The molecule has 0 aliphatic heterocycles. The second-order valence-electron chi connectivity index (χ2n) is 3.78. The fourth-order valence-electron chi connectivity index (χ4n) is 1.28. The predicted octanol–water partition coefficient (Wildman–Crippen LogP) is 1.35. The van der Waals surface area contributed by atoms with Crippen LogP contribution in [-0.4, -0.2) is 37.2 Å². The molecule has 0 saturated carbocycles. The molecule has 1 atom stereocenters. The van der Waals surface area contributed by atoms with Crippen LogP contribution in [0.25, 0.3) is 0 Å². The van der Waals surface area contributed by atoms with Crippen molar-refractivity contribution in [3.8, 4) is 0 Å². The van der Waals surface area contributed by atoms with Crippen molar-refractivity contribution in [2.24, 2.45) is 0 Å². The third kappa shape index (κ3) is 3.80. The van der Waals surface area contributed by atoms with E-state index in [4.69, 9.17) is 33.4 Å². The summed E-state index contributed by atoms with van der Waals surface area (Å²) in [4.78, 5) is 10.5. The molecule has 0 amide bonds. The van der Waals surface area contributed by atoms with Gasteiger partial charge in [-0.25, -0.2) is 17.9 Å². The molecule has 0 heterocycles. The van der Waals surface area contributed by atoms with Gasteiger partial charge in [-0.2, -0.15) is 0 Å². The average Bonchev–Trinajstić information content (AvgIpc) is 2.30. The maximum atomic E-state index is 12.0. The fourth-order valence-corrected chi connectivity index (χ4v) is 3.42. The van der Waals surface area contributed by atoms with E-state index in [0.717, 1.165) is 12.1 Å². The van der Waals surface area contributed by atoms with Crippen LogP contribution in [-0.2, 0) is 10.0 Å².